The molecule has 0 saturated carbocycles. The third-order valence-corrected chi connectivity index (χ3v) is 4.45. The molecule has 0 aliphatic carbocycles. The summed E-state index contributed by atoms with van der Waals surface area (Å²) in [6, 6.07) is 0. The zero-order chi connectivity index (χ0) is 18.1. The van der Waals surface area contributed by atoms with Crippen LogP contribution in [0.1, 0.15) is 33.6 Å². The maximum atomic E-state index is 11.5. The molecule has 0 aliphatic rings. The van der Waals surface area contributed by atoms with Crippen LogP contribution < -0.4 is 10.6 Å². The van der Waals surface area contributed by atoms with Crippen LogP contribution in [0.4, 0.5) is 5.82 Å². The standard InChI is InChI=1S/C17H26N6OS/c1-4-7-14(24)18-9-10-23-16-13(12-20-23)15(19-8-5-2)21-17(22-16)25-11-6-3/h4,7,12H,5-6,8-11H2,1-3H3,(H,18,24)(H,19,21,22)/b7-4-. The van der Waals surface area contributed by atoms with E-state index in [0.717, 1.165) is 47.1 Å². The van der Waals surface area contributed by atoms with Crippen molar-refractivity contribution in [1.82, 2.24) is 25.1 Å². The SMILES string of the molecule is C/C=C\C(=O)NCCn1ncc2c(NCCC)nc(SCCC)nc21. The highest BCUT2D eigenvalue weighted by molar-refractivity contribution is 7.99. The summed E-state index contributed by atoms with van der Waals surface area (Å²) in [6.07, 6.45) is 7.11. The lowest BCUT2D eigenvalue weighted by Gasteiger charge is -2.09. The smallest absolute Gasteiger partial charge is 0.243 e. The van der Waals surface area contributed by atoms with Crippen LogP contribution in [-0.2, 0) is 11.3 Å². The van der Waals surface area contributed by atoms with Gasteiger partial charge < -0.3 is 10.6 Å². The van der Waals surface area contributed by atoms with Gasteiger partial charge in [-0.15, -0.1) is 0 Å². The van der Waals surface area contributed by atoms with Gasteiger partial charge in [0.05, 0.1) is 18.1 Å². The van der Waals surface area contributed by atoms with Gasteiger partial charge in [-0.25, -0.2) is 14.6 Å². The largest absolute Gasteiger partial charge is 0.369 e. The van der Waals surface area contributed by atoms with Gasteiger partial charge in [0, 0.05) is 18.8 Å². The van der Waals surface area contributed by atoms with E-state index in [0.29, 0.717) is 13.1 Å². The number of hydrogen-bond acceptors (Lipinski definition) is 6. The van der Waals surface area contributed by atoms with Crippen molar-refractivity contribution < 1.29 is 4.79 Å². The number of nitrogens with one attached hydrogen (secondary N) is 2. The lowest BCUT2D eigenvalue weighted by Crippen LogP contribution is -2.25. The highest BCUT2D eigenvalue weighted by atomic mass is 32.2. The summed E-state index contributed by atoms with van der Waals surface area (Å²) >= 11 is 1.65. The van der Waals surface area contributed by atoms with Crippen molar-refractivity contribution >= 4 is 34.5 Å². The number of amides is 1. The van der Waals surface area contributed by atoms with E-state index in [2.05, 4.69) is 39.5 Å². The van der Waals surface area contributed by atoms with Crippen LogP contribution in [0.5, 0.6) is 0 Å². The monoisotopic (exact) mass is 362 g/mol. The molecule has 0 aromatic carbocycles. The highest BCUT2D eigenvalue weighted by Crippen LogP contribution is 2.24. The lowest BCUT2D eigenvalue weighted by atomic mass is 10.3. The topological polar surface area (TPSA) is 84.7 Å². The molecular weight excluding hydrogens is 336 g/mol. The normalized spacial score (nSPS) is 11.3. The molecule has 0 bridgehead atoms. The number of aromatic nitrogens is 4. The number of fused-ring (bicyclic) bond motifs is 1. The zero-order valence-corrected chi connectivity index (χ0v) is 15.9. The Morgan fingerprint density at radius 2 is 2.12 bits per heavy atom. The number of carbonyl (C=O) groups excluding carboxylic acids is 1. The first-order valence-electron chi connectivity index (χ1n) is 8.70. The third kappa shape index (κ3) is 5.45. The van der Waals surface area contributed by atoms with E-state index >= 15 is 0 Å². The summed E-state index contributed by atoms with van der Waals surface area (Å²) in [5.41, 5.74) is 0.799. The zero-order valence-electron chi connectivity index (χ0n) is 15.1. The second kappa shape index (κ2) is 10.0. The fraction of sp³-hybridized carbons (Fsp3) is 0.529. The van der Waals surface area contributed by atoms with E-state index in [9.17, 15) is 4.79 Å². The Labute approximate surface area is 152 Å². The quantitative estimate of drug-likeness (QED) is 0.384. The number of allylic oxidation sites excluding steroid dienone is 1. The molecule has 0 aliphatic heterocycles. The summed E-state index contributed by atoms with van der Waals surface area (Å²) in [7, 11) is 0. The fourth-order valence-electron chi connectivity index (χ4n) is 2.23. The number of rotatable bonds is 10. The van der Waals surface area contributed by atoms with E-state index in [1.54, 1.807) is 24.0 Å². The Balaban J connectivity index is 2.20. The first-order valence-corrected chi connectivity index (χ1v) is 9.68. The Morgan fingerprint density at radius 1 is 1.28 bits per heavy atom. The number of nitrogens with zero attached hydrogens (tertiary/aromatic N) is 4. The van der Waals surface area contributed by atoms with Gasteiger partial charge in [0.1, 0.15) is 5.82 Å². The Bertz CT molecular complexity index is 727. The first-order chi connectivity index (χ1) is 12.2. The summed E-state index contributed by atoms with van der Waals surface area (Å²) in [5, 5.41) is 12.3. The van der Waals surface area contributed by atoms with Crippen molar-refractivity contribution in [2.75, 3.05) is 24.2 Å². The molecule has 25 heavy (non-hydrogen) atoms. The summed E-state index contributed by atoms with van der Waals surface area (Å²) in [5.74, 6) is 1.71. The maximum Gasteiger partial charge on any atom is 0.243 e. The van der Waals surface area contributed by atoms with Crippen LogP contribution in [0.15, 0.2) is 23.5 Å². The van der Waals surface area contributed by atoms with Crippen molar-refractivity contribution in [3.63, 3.8) is 0 Å². The molecule has 2 N–H and O–H groups in total. The van der Waals surface area contributed by atoms with E-state index < -0.39 is 0 Å². The van der Waals surface area contributed by atoms with Crippen LogP contribution in [-0.4, -0.2) is 44.5 Å². The molecule has 0 saturated heterocycles. The Hall–Kier alpha value is -2.09. The Morgan fingerprint density at radius 3 is 2.84 bits per heavy atom. The summed E-state index contributed by atoms with van der Waals surface area (Å²) in [6.45, 7) is 7.99. The minimum Gasteiger partial charge on any atom is -0.369 e. The van der Waals surface area contributed by atoms with Gasteiger partial charge in [0.2, 0.25) is 5.91 Å². The number of hydrogen-bond donors (Lipinski definition) is 2. The first kappa shape index (κ1) is 19.2. The van der Waals surface area contributed by atoms with Crippen molar-refractivity contribution in [3.05, 3.63) is 18.3 Å². The van der Waals surface area contributed by atoms with Crippen LogP contribution in [0.25, 0.3) is 11.0 Å². The van der Waals surface area contributed by atoms with Gasteiger partial charge in [-0.3, -0.25) is 4.79 Å². The molecule has 2 aromatic rings. The van der Waals surface area contributed by atoms with Crippen LogP contribution in [0, 0.1) is 0 Å². The fourth-order valence-corrected chi connectivity index (χ4v) is 2.92. The van der Waals surface area contributed by atoms with Crippen LogP contribution in [0.3, 0.4) is 0 Å². The molecule has 0 spiro atoms. The molecule has 2 rings (SSSR count). The highest BCUT2D eigenvalue weighted by Gasteiger charge is 2.13. The molecule has 2 heterocycles. The second-order valence-corrected chi connectivity index (χ2v) is 6.59. The van der Waals surface area contributed by atoms with Gasteiger partial charge in [-0.1, -0.05) is 31.7 Å². The minimum atomic E-state index is -0.0990. The van der Waals surface area contributed by atoms with Crippen molar-refractivity contribution in [2.24, 2.45) is 0 Å². The number of thioether (sulfide) groups is 1. The summed E-state index contributed by atoms with van der Waals surface area (Å²) in [4.78, 5) is 20.8. The van der Waals surface area contributed by atoms with E-state index in [1.807, 2.05) is 11.6 Å². The number of carbonyl (C=O) groups is 1. The molecule has 0 fully saturated rings. The average molecular weight is 363 g/mol. The van der Waals surface area contributed by atoms with E-state index in [4.69, 9.17) is 0 Å². The minimum absolute atomic E-state index is 0.0990. The molecule has 1 amide bonds. The lowest BCUT2D eigenvalue weighted by molar-refractivity contribution is -0.116. The van der Waals surface area contributed by atoms with E-state index in [1.165, 1.54) is 6.08 Å². The van der Waals surface area contributed by atoms with Gasteiger partial charge >= 0.3 is 0 Å². The van der Waals surface area contributed by atoms with Crippen LogP contribution in [0.2, 0.25) is 0 Å². The molecular formula is C17H26N6OS. The van der Waals surface area contributed by atoms with Crippen molar-refractivity contribution in [2.45, 2.75) is 45.3 Å². The summed E-state index contributed by atoms with van der Waals surface area (Å²) < 4.78 is 1.82. The molecule has 2 aromatic heterocycles. The molecule has 136 valence electrons. The Kier molecular flexibility index (Phi) is 7.72. The number of anilines is 1. The van der Waals surface area contributed by atoms with Crippen molar-refractivity contribution in [3.8, 4) is 0 Å². The van der Waals surface area contributed by atoms with Crippen LogP contribution >= 0.6 is 11.8 Å². The van der Waals surface area contributed by atoms with E-state index in [-0.39, 0.29) is 5.91 Å². The van der Waals surface area contributed by atoms with Gasteiger partial charge in [0.25, 0.3) is 0 Å². The average Bonchev–Trinajstić information content (AvgIpc) is 3.01. The second-order valence-electron chi connectivity index (χ2n) is 5.53. The third-order valence-electron chi connectivity index (χ3n) is 3.39. The van der Waals surface area contributed by atoms with Gasteiger partial charge in [0.15, 0.2) is 10.8 Å². The maximum absolute atomic E-state index is 11.5. The van der Waals surface area contributed by atoms with Gasteiger partial charge in [-0.05, 0) is 25.8 Å². The molecule has 0 atom stereocenters. The molecule has 0 unspecified atom stereocenters. The molecule has 0 radical (unpaired) electrons. The molecule has 7 nitrogen and oxygen atoms in total. The van der Waals surface area contributed by atoms with Crippen molar-refractivity contribution in [1.29, 1.82) is 0 Å². The predicted molar refractivity (Wildman–Crippen MR) is 103 cm³/mol. The van der Waals surface area contributed by atoms with Gasteiger partial charge in [-0.2, -0.15) is 5.10 Å². The molecule has 8 heteroatoms. The predicted octanol–water partition coefficient (Wildman–Crippen LogP) is 2.84.